The number of aryl methyl sites for hydroxylation is 1. The van der Waals surface area contributed by atoms with Crippen LogP contribution in [0.4, 0.5) is 0 Å². The Hall–Kier alpha value is -2.67. The molecule has 0 saturated carbocycles. The SMILES string of the molecule is Cc1ccccc1-n1nnnc1SCC(=O)N1CCc2ccccc2C1. The third-order valence-corrected chi connectivity index (χ3v) is 5.50. The van der Waals surface area contributed by atoms with E-state index in [0.29, 0.717) is 17.5 Å². The maximum absolute atomic E-state index is 12.6. The number of hydrogen-bond acceptors (Lipinski definition) is 5. The van der Waals surface area contributed by atoms with Gasteiger partial charge in [-0.15, -0.1) is 5.10 Å². The molecule has 1 amide bonds. The molecule has 7 heteroatoms. The van der Waals surface area contributed by atoms with Gasteiger partial charge in [0.25, 0.3) is 0 Å². The van der Waals surface area contributed by atoms with E-state index in [2.05, 4.69) is 33.7 Å². The largest absolute Gasteiger partial charge is 0.337 e. The lowest BCUT2D eigenvalue weighted by Gasteiger charge is -2.28. The molecule has 0 aliphatic carbocycles. The number of benzene rings is 2. The highest BCUT2D eigenvalue weighted by Gasteiger charge is 2.21. The van der Waals surface area contributed by atoms with Gasteiger partial charge < -0.3 is 4.90 Å². The van der Waals surface area contributed by atoms with E-state index in [1.165, 1.54) is 22.9 Å². The monoisotopic (exact) mass is 365 g/mol. The first kappa shape index (κ1) is 16.8. The summed E-state index contributed by atoms with van der Waals surface area (Å²) in [6.45, 7) is 3.46. The van der Waals surface area contributed by atoms with Gasteiger partial charge in [0, 0.05) is 13.1 Å². The highest BCUT2D eigenvalue weighted by molar-refractivity contribution is 7.99. The Morgan fingerprint density at radius 1 is 1.12 bits per heavy atom. The summed E-state index contributed by atoms with van der Waals surface area (Å²) in [6, 6.07) is 16.2. The van der Waals surface area contributed by atoms with Gasteiger partial charge in [-0.05, 0) is 46.5 Å². The summed E-state index contributed by atoms with van der Waals surface area (Å²) in [4.78, 5) is 14.6. The van der Waals surface area contributed by atoms with Crippen LogP contribution in [0.25, 0.3) is 5.69 Å². The number of para-hydroxylation sites is 1. The van der Waals surface area contributed by atoms with Crippen molar-refractivity contribution in [2.24, 2.45) is 0 Å². The van der Waals surface area contributed by atoms with Gasteiger partial charge >= 0.3 is 0 Å². The van der Waals surface area contributed by atoms with Crippen LogP contribution >= 0.6 is 11.8 Å². The third kappa shape index (κ3) is 3.35. The van der Waals surface area contributed by atoms with Crippen LogP contribution in [0.5, 0.6) is 0 Å². The molecule has 2 heterocycles. The third-order valence-electron chi connectivity index (χ3n) is 4.59. The maximum atomic E-state index is 12.6. The van der Waals surface area contributed by atoms with Crippen molar-refractivity contribution in [2.75, 3.05) is 12.3 Å². The molecule has 4 rings (SSSR count). The van der Waals surface area contributed by atoms with E-state index in [9.17, 15) is 4.79 Å². The summed E-state index contributed by atoms with van der Waals surface area (Å²) >= 11 is 1.38. The van der Waals surface area contributed by atoms with Crippen LogP contribution in [0, 0.1) is 6.92 Å². The van der Waals surface area contributed by atoms with E-state index in [0.717, 1.165) is 24.2 Å². The lowest BCUT2D eigenvalue weighted by molar-refractivity contribution is -0.129. The quantitative estimate of drug-likeness (QED) is 0.665. The summed E-state index contributed by atoms with van der Waals surface area (Å²) < 4.78 is 1.69. The number of amides is 1. The molecule has 0 bridgehead atoms. The number of rotatable bonds is 4. The summed E-state index contributed by atoms with van der Waals surface area (Å²) in [7, 11) is 0. The second kappa shape index (κ2) is 7.29. The summed E-state index contributed by atoms with van der Waals surface area (Å²) in [5.74, 6) is 0.442. The van der Waals surface area contributed by atoms with Crippen molar-refractivity contribution in [1.29, 1.82) is 0 Å². The molecule has 0 spiro atoms. The number of carbonyl (C=O) groups excluding carboxylic acids is 1. The number of fused-ring (bicyclic) bond motifs is 1. The number of carbonyl (C=O) groups is 1. The van der Waals surface area contributed by atoms with Gasteiger partial charge in [-0.25, -0.2) is 0 Å². The minimum Gasteiger partial charge on any atom is -0.337 e. The number of tetrazole rings is 1. The zero-order valence-electron chi connectivity index (χ0n) is 14.5. The molecule has 0 fully saturated rings. The molecule has 3 aromatic rings. The lowest BCUT2D eigenvalue weighted by atomic mass is 10.00. The van der Waals surface area contributed by atoms with Gasteiger partial charge in [-0.2, -0.15) is 4.68 Å². The van der Waals surface area contributed by atoms with Crippen molar-refractivity contribution < 1.29 is 4.79 Å². The molecule has 6 nitrogen and oxygen atoms in total. The summed E-state index contributed by atoms with van der Waals surface area (Å²) in [6.07, 6.45) is 0.910. The average Bonchev–Trinajstić information content (AvgIpc) is 3.14. The van der Waals surface area contributed by atoms with Crippen molar-refractivity contribution in [3.63, 3.8) is 0 Å². The Labute approximate surface area is 156 Å². The van der Waals surface area contributed by atoms with Gasteiger partial charge in [-0.1, -0.05) is 54.2 Å². The van der Waals surface area contributed by atoms with Crippen molar-refractivity contribution in [2.45, 2.75) is 25.0 Å². The molecule has 0 saturated heterocycles. The lowest BCUT2D eigenvalue weighted by Crippen LogP contribution is -2.37. The van der Waals surface area contributed by atoms with E-state index in [1.807, 2.05) is 42.2 Å². The first-order valence-electron chi connectivity index (χ1n) is 8.54. The van der Waals surface area contributed by atoms with Crippen LogP contribution in [-0.4, -0.2) is 43.3 Å². The zero-order chi connectivity index (χ0) is 17.9. The van der Waals surface area contributed by atoms with E-state index < -0.39 is 0 Å². The molecule has 1 aliphatic rings. The number of thioether (sulfide) groups is 1. The maximum Gasteiger partial charge on any atom is 0.233 e. The van der Waals surface area contributed by atoms with Gasteiger partial charge in [0.2, 0.25) is 11.1 Å². The molecule has 1 aromatic heterocycles. The predicted molar refractivity (Wildman–Crippen MR) is 100 cm³/mol. The molecular formula is C19H19N5OS. The Morgan fingerprint density at radius 2 is 1.88 bits per heavy atom. The average molecular weight is 365 g/mol. The van der Waals surface area contributed by atoms with E-state index in [4.69, 9.17) is 0 Å². The Kier molecular flexibility index (Phi) is 4.71. The summed E-state index contributed by atoms with van der Waals surface area (Å²) in [5.41, 5.74) is 4.59. The van der Waals surface area contributed by atoms with Crippen molar-refractivity contribution in [1.82, 2.24) is 25.1 Å². The van der Waals surface area contributed by atoms with Crippen LogP contribution in [-0.2, 0) is 17.8 Å². The molecule has 0 atom stereocenters. The van der Waals surface area contributed by atoms with E-state index in [1.54, 1.807) is 4.68 Å². The van der Waals surface area contributed by atoms with E-state index in [-0.39, 0.29) is 5.91 Å². The Balaban J connectivity index is 1.44. The normalized spacial score (nSPS) is 13.5. The smallest absolute Gasteiger partial charge is 0.233 e. The molecule has 132 valence electrons. The fourth-order valence-electron chi connectivity index (χ4n) is 3.15. The van der Waals surface area contributed by atoms with Gasteiger partial charge in [-0.3, -0.25) is 4.79 Å². The molecular weight excluding hydrogens is 346 g/mol. The number of nitrogens with zero attached hydrogens (tertiary/aromatic N) is 5. The van der Waals surface area contributed by atoms with Crippen LogP contribution in [0.3, 0.4) is 0 Å². The first-order valence-corrected chi connectivity index (χ1v) is 9.52. The van der Waals surface area contributed by atoms with Crippen molar-refractivity contribution >= 4 is 17.7 Å². The predicted octanol–water partition coefficient (Wildman–Crippen LogP) is 2.65. The van der Waals surface area contributed by atoms with E-state index >= 15 is 0 Å². The number of aromatic nitrogens is 4. The second-order valence-corrected chi connectivity index (χ2v) is 7.22. The van der Waals surface area contributed by atoms with Crippen molar-refractivity contribution in [3.05, 3.63) is 65.2 Å². The fourth-order valence-corrected chi connectivity index (χ4v) is 3.93. The number of hydrogen-bond donors (Lipinski definition) is 0. The zero-order valence-corrected chi connectivity index (χ0v) is 15.3. The topological polar surface area (TPSA) is 63.9 Å². The van der Waals surface area contributed by atoms with Crippen LogP contribution < -0.4 is 0 Å². The van der Waals surface area contributed by atoms with Crippen LogP contribution in [0.15, 0.2) is 53.7 Å². The van der Waals surface area contributed by atoms with Gasteiger partial charge in [0.05, 0.1) is 11.4 Å². The van der Waals surface area contributed by atoms with Crippen LogP contribution in [0.2, 0.25) is 0 Å². The molecule has 1 aliphatic heterocycles. The molecule has 2 aromatic carbocycles. The van der Waals surface area contributed by atoms with Gasteiger partial charge in [0.15, 0.2) is 0 Å². The summed E-state index contributed by atoms with van der Waals surface area (Å²) in [5, 5.41) is 12.6. The minimum absolute atomic E-state index is 0.115. The molecule has 0 radical (unpaired) electrons. The molecule has 26 heavy (non-hydrogen) atoms. The first-order chi connectivity index (χ1) is 12.7. The standard InChI is InChI=1S/C19H19N5OS/c1-14-6-2-5-9-17(14)24-19(20-21-22-24)26-13-18(25)23-11-10-15-7-3-4-8-16(15)12-23/h2-9H,10-13H2,1H3. The Bertz CT molecular complexity index is 939. The van der Waals surface area contributed by atoms with Gasteiger partial charge in [0.1, 0.15) is 0 Å². The highest BCUT2D eigenvalue weighted by Crippen LogP contribution is 2.23. The Morgan fingerprint density at radius 3 is 2.73 bits per heavy atom. The second-order valence-electron chi connectivity index (χ2n) is 6.28. The fraction of sp³-hybridized carbons (Fsp3) is 0.263. The molecule has 0 unspecified atom stereocenters. The molecule has 0 N–H and O–H groups in total. The van der Waals surface area contributed by atoms with Crippen LogP contribution in [0.1, 0.15) is 16.7 Å². The minimum atomic E-state index is 0.115. The van der Waals surface area contributed by atoms with Crippen molar-refractivity contribution in [3.8, 4) is 5.69 Å². The highest BCUT2D eigenvalue weighted by atomic mass is 32.2.